The number of aromatic nitrogens is 3. The van der Waals surface area contributed by atoms with E-state index in [0.29, 0.717) is 38.5 Å². The van der Waals surface area contributed by atoms with Crippen LogP contribution in [0.5, 0.6) is 0 Å². The van der Waals surface area contributed by atoms with Crippen molar-refractivity contribution >= 4 is 55.9 Å². The molecule has 182 valence electrons. The summed E-state index contributed by atoms with van der Waals surface area (Å²) in [5, 5.41) is 12.8. The largest absolute Gasteiger partial charge is 0.465 e. The second-order valence-electron chi connectivity index (χ2n) is 8.01. The zero-order chi connectivity index (χ0) is 24.1. The standard InChI is InChI=1S/C23H27BrN4O4S2/c1-3-12-28-20(15-10-11-17(24)32-15)26-27-23(28)33-13-18(29)25-21-19(22(30)31-2)14-8-6-4-5-7-9-16(14)34-21/h10-11H,3-9,12-13H2,1-2H3,(H,25,29). The third kappa shape index (κ3) is 5.58. The Morgan fingerprint density at radius 3 is 2.74 bits per heavy atom. The fourth-order valence-electron chi connectivity index (χ4n) is 4.06. The molecule has 3 aromatic rings. The molecule has 8 nitrogen and oxygen atoms in total. The molecular weight excluding hydrogens is 540 g/mol. The normalized spacial score (nSPS) is 13.7. The summed E-state index contributed by atoms with van der Waals surface area (Å²) in [6.07, 6.45) is 7.14. The van der Waals surface area contributed by atoms with Crippen molar-refractivity contribution < 1.29 is 18.7 Å². The van der Waals surface area contributed by atoms with Gasteiger partial charge >= 0.3 is 5.97 Å². The van der Waals surface area contributed by atoms with E-state index in [9.17, 15) is 9.59 Å². The van der Waals surface area contributed by atoms with Crippen LogP contribution in [0.2, 0.25) is 0 Å². The van der Waals surface area contributed by atoms with Gasteiger partial charge in [-0.15, -0.1) is 21.5 Å². The van der Waals surface area contributed by atoms with Crippen LogP contribution in [0.3, 0.4) is 0 Å². The van der Waals surface area contributed by atoms with E-state index < -0.39 is 5.97 Å². The van der Waals surface area contributed by atoms with Crippen molar-refractivity contribution in [3.63, 3.8) is 0 Å². The van der Waals surface area contributed by atoms with E-state index >= 15 is 0 Å². The van der Waals surface area contributed by atoms with Crippen molar-refractivity contribution in [3.8, 4) is 11.6 Å². The number of halogens is 1. The van der Waals surface area contributed by atoms with E-state index in [-0.39, 0.29) is 11.7 Å². The molecule has 0 fully saturated rings. The highest BCUT2D eigenvalue weighted by Gasteiger charge is 2.26. The molecule has 1 N–H and O–H groups in total. The van der Waals surface area contributed by atoms with Crippen molar-refractivity contribution in [1.82, 2.24) is 14.8 Å². The maximum absolute atomic E-state index is 12.9. The van der Waals surface area contributed by atoms with Crippen LogP contribution >= 0.6 is 39.0 Å². The van der Waals surface area contributed by atoms with Crippen LogP contribution in [0.15, 0.2) is 26.4 Å². The molecule has 0 saturated carbocycles. The van der Waals surface area contributed by atoms with E-state index in [2.05, 4.69) is 38.4 Å². The van der Waals surface area contributed by atoms with Crippen LogP contribution in [-0.4, -0.2) is 39.5 Å². The summed E-state index contributed by atoms with van der Waals surface area (Å²) in [5.74, 6) is 0.799. The van der Waals surface area contributed by atoms with Gasteiger partial charge in [-0.2, -0.15) is 0 Å². The van der Waals surface area contributed by atoms with Crippen molar-refractivity contribution in [1.29, 1.82) is 0 Å². The minimum Gasteiger partial charge on any atom is -0.465 e. The average molecular weight is 568 g/mol. The maximum atomic E-state index is 12.9. The fraction of sp³-hybridized carbons (Fsp3) is 0.478. The highest BCUT2D eigenvalue weighted by atomic mass is 79.9. The van der Waals surface area contributed by atoms with Gasteiger partial charge in [0.25, 0.3) is 0 Å². The van der Waals surface area contributed by atoms with Gasteiger partial charge in [-0.05, 0) is 65.7 Å². The smallest absolute Gasteiger partial charge is 0.341 e. The van der Waals surface area contributed by atoms with E-state index in [1.807, 2.05) is 16.7 Å². The molecule has 0 atom stereocenters. The van der Waals surface area contributed by atoms with Gasteiger partial charge < -0.3 is 14.5 Å². The minimum atomic E-state index is -0.391. The molecule has 0 bridgehead atoms. The number of carbonyl (C=O) groups excluding carboxylic acids is 2. The zero-order valence-electron chi connectivity index (χ0n) is 19.2. The lowest BCUT2D eigenvalue weighted by atomic mass is 9.96. The van der Waals surface area contributed by atoms with Crippen molar-refractivity contribution in [2.45, 2.75) is 63.6 Å². The maximum Gasteiger partial charge on any atom is 0.341 e. The molecule has 4 rings (SSSR count). The van der Waals surface area contributed by atoms with Gasteiger partial charge in [0.2, 0.25) is 11.7 Å². The lowest BCUT2D eigenvalue weighted by Crippen LogP contribution is -2.17. The highest BCUT2D eigenvalue weighted by molar-refractivity contribution is 9.10. The van der Waals surface area contributed by atoms with E-state index in [0.717, 1.165) is 44.1 Å². The number of carbonyl (C=O) groups is 2. The zero-order valence-corrected chi connectivity index (χ0v) is 22.4. The molecule has 34 heavy (non-hydrogen) atoms. The van der Waals surface area contributed by atoms with Crippen molar-refractivity contribution in [2.24, 2.45) is 0 Å². The van der Waals surface area contributed by atoms with Crippen LogP contribution in [0.4, 0.5) is 5.00 Å². The summed E-state index contributed by atoms with van der Waals surface area (Å²) in [7, 11) is 1.38. The number of ether oxygens (including phenoxy) is 1. The number of nitrogens with zero attached hydrogens (tertiary/aromatic N) is 3. The molecule has 0 saturated heterocycles. The molecule has 3 heterocycles. The predicted octanol–water partition coefficient (Wildman–Crippen LogP) is 5.95. The molecule has 1 aliphatic rings. The number of furan rings is 1. The topological polar surface area (TPSA) is 99.2 Å². The number of thioether (sulfide) groups is 1. The Hall–Kier alpha value is -2.11. The summed E-state index contributed by atoms with van der Waals surface area (Å²) < 4.78 is 13.3. The van der Waals surface area contributed by atoms with Gasteiger partial charge in [0.05, 0.1) is 18.4 Å². The van der Waals surface area contributed by atoms with Gasteiger partial charge in [-0.1, -0.05) is 31.5 Å². The van der Waals surface area contributed by atoms with Gasteiger partial charge in [0, 0.05) is 11.4 Å². The number of thiophene rings is 1. The number of fused-ring (bicyclic) bond motifs is 1. The number of anilines is 1. The molecule has 1 aliphatic carbocycles. The SMILES string of the molecule is CCCn1c(SCC(=O)Nc2sc3c(c2C(=O)OC)CCCCCC3)nnc1-c1ccc(Br)o1. The first-order valence-electron chi connectivity index (χ1n) is 11.4. The van der Waals surface area contributed by atoms with E-state index in [1.54, 1.807) is 0 Å². The summed E-state index contributed by atoms with van der Waals surface area (Å²) in [5.41, 5.74) is 1.55. The predicted molar refractivity (Wildman–Crippen MR) is 137 cm³/mol. The van der Waals surface area contributed by atoms with Gasteiger partial charge in [0.1, 0.15) is 5.00 Å². The van der Waals surface area contributed by atoms with Crippen LogP contribution in [-0.2, 0) is 28.9 Å². The molecule has 3 aromatic heterocycles. The first kappa shape index (κ1) is 25.0. The number of nitrogens with one attached hydrogen (secondary N) is 1. The Morgan fingerprint density at radius 2 is 2.03 bits per heavy atom. The van der Waals surface area contributed by atoms with Crippen molar-refractivity contribution in [3.05, 3.63) is 32.8 Å². The summed E-state index contributed by atoms with van der Waals surface area (Å²) in [6.45, 7) is 2.77. The Balaban J connectivity index is 1.50. The van der Waals surface area contributed by atoms with E-state index in [4.69, 9.17) is 9.15 Å². The Labute approximate surface area is 215 Å². The number of hydrogen-bond donors (Lipinski definition) is 1. The lowest BCUT2D eigenvalue weighted by Gasteiger charge is -2.11. The number of hydrogen-bond acceptors (Lipinski definition) is 8. The first-order chi connectivity index (χ1) is 16.5. The van der Waals surface area contributed by atoms with E-state index in [1.165, 1.54) is 41.5 Å². The Bertz CT molecular complexity index is 1170. The molecule has 1 amide bonds. The monoisotopic (exact) mass is 566 g/mol. The quantitative estimate of drug-likeness (QED) is 0.265. The molecule has 0 aromatic carbocycles. The third-order valence-electron chi connectivity index (χ3n) is 5.60. The molecule has 0 unspecified atom stereocenters. The summed E-state index contributed by atoms with van der Waals surface area (Å²) in [6, 6.07) is 3.64. The van der Waals surface area contributed by atoms with Gasteiger partial charge in [-0.3, -0.25) is 9.36 Å². The summed E-state index contributed by atoms with van der Waals surface area (Å²) >= 11 is 6.13. The summed E-state index contributed by atoms with van der Waals surface area (Å²) in [4.78, 5) is 26.6. The second-order valence-corrected chi connectivity index (χ2v) is 10.8. The minimum absolute atomic E-state index is 0.146. The molecule has 11 heteroatoms. The highest BCUT2D eigenvalue weighted by Crippen LogP contribution is 2.38. The Morgan fingerprint density at radius 1 is 1.24 bits per heavy atom. The van der Waals surface area contributed by atoms with Gasteiger partial charge in [-0.25, -0.2) is 4.79 Å². The number of aryl methyl sites for hydroxylation is 1. The third-order valence-corrected chi connectivity index (χ3v) is 8.20. The van der Waals surface area contributed by atoms with Crippen molar-refractivity contribution in [2.75, 3.05) is 18.2 Å². The van der Waals surface area contributed by atoms with Crippen LogP contribution < -0.4 is 5.32 Å². The molecule has 0 spiro atoms. The van der Waals surface area contributed by atoms with Crippen LogP contribution in [0.1, 0.15) is 59.8 Å². The number of amides is 1. The first-order valence-corrected chi connectivity index (χ1v) is 14.0. The number of rotatable bonds is 8. The number of esters is 1. The van der Waals surface area contributed by atoms with Gasteiger partial charge in [0.15, 0.2) is 15.6 Å². The molecule has 0 radical (unpaired) electrons. The molecule has 0 aliphatic heterocycles. The van der Waals surface area contributed by atoms with Crippen LogP contribution in [0, 0.1) is 0 Å². The lowest BCUT2D eigenvalue weighted by molar-refractivity contribution is -0.113. The fourth-order valence-corrected chi connectivity index (χ4v) is 6.42. The Kier molecular flexibility index (Phi) is 8.49. The number of methoxy groups -OCH3 is 1. The van der Waals surface area contributed by atoms with Crippen LogP contribution in [0.25, 0.3) is 11.6 Å². The second kappa shape index (κ2) is 11.5. The average Bonchev–Trinajstić information content (AvgIpc) is 3.49. The molecular formula is C23H27BrN4O4S2.